The zero-order valence-corrected chi connectivity index (χ0v) is 19.3. The third-order valence-corrected chi connectivity index (χ3v) is 6.32. The third-order valence-electron chi connectivity index (χ3n) is 5.21. The number of unbranched alkanes of at least 4 members (excludes halogenated alkanes) is 1. The Kier molecular flexibility index (Phi) is 6.68. The van der Waals surface area contributed by atoms with Crippen LogP contribution >= 0.6 is 0 Å². The molecular weight excluding hydrogens is 436 g/mol. The van der Waals surface area contributed by atoms with Crippen LogP contribution in [0.4, 0.5) is 0 Å². The van der Waals surface area contributed by atoms with E-state index in [2.05, 4.69) is 9.97 Å². The number of aryl methyl sites for hydroxylation is 3. The van der Waals surface area contributed by atoms with Crippen molar-refractivity contribution in [2.45, 2.75) is 58.2 Å². The molecule has 11 heteroatoms. The molecule has 1 aromatic carbocycles. The highest BCUT2D eigenvalue weighted by Crippen LogP contribution is 2.18. The molecule has 3 rings (SSSR count). The van der Waals surface area contributed by atoms with Crippen molar-refractivity contribution in [2.24, 2.45) is 0 Å². The Balaban J connectivity index is 1.98. The predicted molar refractivity (Wildman–Crippen MR) is 119 cm³/mol. The molecule has 0 saturated carbocycles. The fraction of sp³-hybridized carbons (Fsp3) is 0.429. The average molecular weight is 463 g/mol. The Morgan fingerprint density at radius 3 is 2.53 bits per heavy atom. The van der Waals surface area contributed by atoms with Gasteiger partial charge in [0.1, 0.15) is 12.4 Å². The van der Waals surface area contributed by atoms with Gasteiger partial charge < -0.3 is 9.30 Å². The number of nitrogens with zero attached hydrogens (tertiary/aromatic N) is 3. The van der Waals surface area contributed by atoms with E-state index in [0.717, 1.165) is 19.1 Å². The van der Waals surface area contributed by atoms with Crippen molar-refractivity contribution in [1.82, 2.24) is 19.1 Å². The summed E-state index contributed by atoms with van der Waals surface area (Å²) in [5.74, 6) is -0.394. The topological polar surface area (TPSA) is 133 Å². The summed E-state index contributed by atoms with van der Waals surface area (Å²) in [6.07, 6.45) is 2.66. The first-order chi connectivity index (χ1) is 15.1. The van der Waals surface area contributed by atoms with Crippen molar-refractivity contribution in [3.8, 4) is 0 Å². The maximum atomic E-state index is 12.7. The largest absolute Gasteiger partial charge is 0.454 e. The lowest BCUT2D eigenvalue weighted by atomic mass is 10.1. The minimum absolute atomic E-state index is 0.0160. The summed E-state index contributed by atoms with van der Waals surface area (Å²) in [5.41, 5.74) is 0.0933. The Bertz CT molecular complexity index is 1400. The van der Waals surface area contributed by atoms with Crippen LogP contribution in [0.25, 0.3) is 11.2 Å². The number of ether oxygens (including phenoxy) is 1. The minimum Gasteiger partial charge on any atom is -0.454 e. The molecule has 0 unspecified atom stereocenters. The molecule has 0 fully saturated rings. The molecule has 0 saturated heterocycles. The normalized spacial score (nSPS) is 11.8. The van der Waals surface area contributed by atoms with E-state index in [4.69, 9.17) is 4.74 Å². The number of imidazole rings is 1. The van der Waals surface area contributed by atoms with E-state index in [1.807, 2.05) is 13.8 Å². The number of carbonyl (C=O) groups is 1. The van der Waals surface area contributed by atoms with E-state index in [1.54, 1.807) is 17.6 Å². The van der Waals surface area contributed by atoms with E-state index in [0.29, 0.717) is 24.5 Å². The SMILES string of the molecule is CCCCn1c(=O)[nH]c(=O)c2c1nc(COC(=O)c1cc(S(C)(=O)=O)ccc1C)n2CC. The highest BCUT2D eigenvalue weighted by Gasteiger charge is 2.20. The lowest BCUT2D eigenvalue weighted by molar-refractivity contribution is 0.0457. The molecule has 172 valence electrons. The summed E-state index contributed by atoms with van der Waals surface area (Å²) < 4.78 is 32.1. The van der Waals surface area contributed by atoms with Gasteiger partial charge in [0.25, 0.3) is 5.56 Å². The molecular formula is C21H26N4O6S. The van der Waals surface area contributed by atoms with E-state index in [1.165, 1.54) is 16.7 Å². The summed E-state index contributed by atoms with van der Waals surface area (Å²) in [5, 5.41) is 0. The fourth-order valence-corrected chi connectivity index (χ4v) is 4.10. The Hall–Kier alpha value is -3.21. The van der Waals surface area contributed by atoms with Gasteiger partial charge in [0.2, 0.25) is 0 Å². The van der Waals surface area contributed by atoms with Gasteiger partial charge in [-0.3, -0.25) is 14.3 Å². The predicted octanol–water partition coefficient (Wildman–Crippen LogP) is 1.78. The highest BCUT2D eigenvalue weighted by molar-refractivity contribution is 7.90. The lowest BCUT2D eigenvalue weighted by Gasteiger charge is -2.09. The zero-order valence-electron chi connectivity index (χ0n) is 18.5. The maximum Gasteiger partial charge on any atom is 0.338 e. The van der Waals surface area contributed by atoms with Gasteiger partial charge in [0, 0.05) is 19.3 Å². The number of benzene rings is 1. The summed E-state index contributed by atoms with van der Waals surface area (Å²) >= 11 is 0. The van der Waals surface area contributed by atoms with Gasteiger partial charge in [-0.2, -0.15) is 0 Å². The summed E-state index contributed by atoms with van der Waals surface area (Å²) in [6, 6.07) is 4.25. The van der Waals surface area contributed by atoms with Gasteiger partial charge in [-0.25, -0.2) is 23.0 Å². The van der Waals surface area contributed by atoms with Crippen LogP contribution in [0.15, 0.2) is 32.7 Å². The zero-order chi connectivity index (χ0) is 23.6. The maximum absolute atomic E-state index is 12.7. The highest BCUT2D eigenvalue weighted by atomic mass is 32.2. The van der Waals surface area contributed by atoms with Crippen LogP contribution in [-0.2, 0) is 34.3 Å². The molecule has 1 N–H and O–H groups in total. The van der Waals surface area contributed by atoms with E-state index in [9.17, 15) is 22.8 Å². The van der Waals surface area contributed by atoms with Crippen LogP contribution in [0.2, 0.25) is 0 Å². The Morgan fingerprint density at radius 1 is 1.19 bits per heavy atom. The number of fused-ring (bicyclic) bond motifs is 1. The molecule has 10 nitrogen and oxygen atoms in total. The molecule has 3 aromatic rings. The number of hydrogen-bond acceptors (Lipinski definition) is 7. The van der Waals surface area contributed by atoms with Crippen LogP contribution in [0, 0.1) is 6.92 Å². The van der Waals surface area contributed by atoms with Gasteiger partial charge >= 0.3 is 11.7 Å². The Labute approximate surface area is 184 Å². The average Bonchev–Trinajstić information content (AvgIpc) is 3.10. The quantitative estimate of drug-likeness (QED) is 0.504. The smallest absolute Gasteiger partial charge is 0.338 e. The van der Waals surface area contributed by atoms with Gasteiger partial charge in [0.15, 0.2) is 21.0 Å². The van der Waals surface area contributed by atoms with Crippen LogP contribution in [0.3, 0.4) is 0 Å². The summed E-state index contributed by atoms with van der Waals surface area (Å²) in [7, 11) is -3.49. The van der Waals surface area contributed by atoms with Crippen LogP contribution in [-0.4, -0.2) is 39.7 Å². The number of sulfone groups is 1. The van der Waals surface area contributed by atoms with Gasteiger partial charge in [-0.1, -0.05) is 19.4 Å². The number of nitrogens with one attached hydrogen (secondary N) is 1. The first-order valence-corrected chi connectivity index (χ1v) is 12.2. The van der Waals surface area contributed by atoms with Crippen LogP contribution < -0.4 is 11.2 Å². The molecule has 32 heavy (non-hydrogen) atoms. The van der Waals surface area contributed by atoms with Gasteiger partial charge in [-0.15, -0.1) is 0 Å². The molecule has 0 bridgehead atoms. The van der Waals surface area contributed by atoms with Crippen molar-refractivity contribution < 1.29 is 17.9 Å². The first kappa shape index (κ1) is 23.5. The molecule has 0 spiro atoms. The number of hydrogen-bond donors (Lipinski definition) is 1. The number of esters is 1. The second-order valence-corrected chi connectivity index (χ2v) is 9.55. The van der Waals surface area contributed by atoms with Crippen molar-refractivity contribution in [3.05, 3.63) is 56.0 Å². The minimum atomic E-state index is -3.49. The Morgan fingerprint density at radius 2 is 1.91 bits per heavy atom. The molecule has 0 atom stereocenters. The van der Waals surface area contributed by atoms with E-state index >= 15 is 0 Å². The molecule has 0 radical (unpaired) electrons. The second-order valence-electron chi connectivity index (χ2n) is 7.53. The van der Waals surface area contributed by atoms with Gasteiger partial charge in [0.05, 0.1) is 10.5 Å². The summed E-state index contributed by atoms with van der Waals surface area (Å²) in [6.45, 7) is 6.01. The number of aromatic nitrogens is 4. The second kappa shape index (κ2) is 9.11. The number of H-pyrrole nitrogens is 1. The molecule has 0 aliphatic heterocycles. The van der Waals surface area contributed by atoms with Gasteiger partial charge in [-0.05, 0) is 38.0 Å². The third kappa shape index (κ3) is 4.52. The number of carbonyl (C=O) groups excluding carboxylic acids is 1. The fourth-order valence-electron chi connectivity index (χ4n) is 3.45. The molecule has 2 aromatic heterocycles. The van der Waals surface area contributed by atoms with E-state index < -0.39 is 27.1 Å². The van der Waals surface area contributed by atoms with Crippen molar-refractivity contribution in [3.63, 3.8) is 0 Å². The van der Waals surface area contributed by atoms with Crippen molar-refractivity contribution >= 4 is 27.0 Å². The lowest BCUT2D eigenvalue weighted by Crippen LogP contribution is -2.31. The number of rotatable bonds is 8. The van der Waals surface area contributed by atoms with Crippen LogP contribution in [0.5, 0.6) is 0 Å². The van der Waals surface area contributed by atoms with E-state index in [-0.39, 0.29) is 28.2 Å². The molecule has 2 heterocycles. The van der Waals surface area contributed by atoms with Crippen LogP contribution in [0.1, 0.15) is 48.4 Å². The molecule has 0 aliphatic carbocycles. The molecule has 0 amide bonds. The van der Waals surface area contributed by atoms with Crippen molar-refractivity contribution in [1.29, 1.82) is 0 Å². The standard InChI is InChI=1S/C21H26N4O6S/c1-5-7-10-25-18-17(19(26)23-21(25)28)24(6-2)16(22-18)12-31-20(27)15-11-14(32(4,29)30)9-8-13(15)3/h8-9,11H,5-7,10,12H2,1-4H3,(H,23,26,28). The van der Waals surface area contributed by atoms with Crippen molar-refractivity contribution in [2.75, 3.05) is 6.26 Å². The molecule has 0 aliphatic rings. The monoisotopic (exact) mass is 462 g/mol. The number of aromatic amines is 1. The first-order valence-electron chi connectivity index (χ1n) is 10.3. The summed E-state index contributed by atoms with van der Waals surface area (Å²) in [4.78, 5) is 44.2.